The molecule has 0 unspecified atom stereocenters. The molecule has 0 aliphatic heterocycles. The van der Waals surface area contributed by atoms with Crippen LogP contribution in [0.5, 0.6) is 0 Å². The average molecular weight is 265 g/mol. The summed E-state index contributed by atoms with van der Waals surface area (Å²) in [5, 5.41) is 4.21. The molecule has 1 amide bonds. The Labute approximate surface area is 114 Å². The van der Waals surface area contributed by atoms with Gasteiger partial charge in [0.25, 0.3) is 0 Å². The van der Waals surface area contributed by atoms with E-state index in [1.54, 1.807) is 11.3 Å². The monoisotopic (exact) mass is 265 g/mol. The van der Waals surface area contributed by atoms with Crippen LogP contribution in [-0.4, -0.2) is 23.9 Å². The van der Waals surface area contributed by atoms with Crippen molar-refractivity contribution in [3.63, 3.8) is 0 Å². The van der Waals surface area contributed by atoms with E-state index in [1.807, 2.05) is 11.9 Å². The molecule has 0 radical (unpaired) electrons. The molecule has 1 aliphatic rings. The molecule has 1 aromatic rings. The first-order valence-corrected chi connectivity index (χ1v) is 7.88. The zero-order valence-corrected chi connectivity index (χ0v) is 12.2. The first kappa shape index (κ1) is 13.6. The first-order chi connectivity index (χ1) is 8.66. The van der Waals surface area contributed by atoms with E-state index >= 15 is 0 Å². The molecule has 0 N–H and O–H groups in total. The van der Waals surface area contributed by atoms with Gasteiger partial charge in [0.2, 0.25) is 5.91 Å². The van der Waals surface area contributed by atoms with Gasteiger partial charge in [0.1, 0.15) is 0 Å². The van der Waals surface area contributed by atoms with E-state index in [9.17, 15) is 4.79 Å². The summed E-state index contributed by atoms with van der Waals surface area (Å²) in [6.45, 7) is 2.31. The highest BCUT2D eigenvalue weighted by atomic mass is 32.1. The molecule has 0 aromatic carbocycles. The van der Waals surface area contributed by atoms with Gasteiger partial charge in [-0.05, 0) is 60.4 Å². The number of nitrogens with zero attached hydrogens (tertiary/aromatic N) is 1. The molecule has 18 heavy (non-hydrogen) atoms. The van der Waals surface area contributed by atoms with Crippen molar-refractivity contribution in [2.45, 2.75) is 51.5 Å². The van der Waals surface area contributed by atoms with Crippen LogP contribution in [0.25, 0.3) is 0 Å². The van der Waals surface area contributed by atoms with Crippen LogP contribution in [0.4, 0.5) is 0 Å². The fourth-order valence-electron chi connectivity index (χ4n) is 2.70. The van der Waals surface area contributed by atoms with E-state index in [-0.39, 0.29) is 0 Å². The van der Waals surface area contributed by atoms with Crippen molar-refractivity contribution < 1.29 is 4.79 Å². The molecule has 1 aromatic heterocycles. The summed E-state index contributed by atoms with van der Waals surface area (Å²) >= 11 is 1.70. The largest absolute Gasteiger partial charge is 0.343 e. The first-order valence-electron chi connectivity index (χ1n) is 6.93. The van der Waals surface area contributed by atoms with Gasteiger partial charge in [-0.3, -0.25) is 4.79 Å². The summed E-state index contributed by atoms with van der Waals surface area (Å²) in [6, 6.07) is 2.59. The van der Waals surface area contributed by atoms with E-state index in [0.717, 1.165) is 12.3 Å². The Morgan fingerprint density at radius 3 is 2.72 bits per heavy atom. The van der Waals surface area contributed by atoms with Gasteiger partial charge in [-0.1, -0.05) is 6.92 Å². The Hall–Kier alpha value is -0.830. The summed E-state index contributed by atoms with van der Waals surface area (Å²) in [5.74, 6) is 1.15. The second kappa shape index (κ2) is 6.37. The Bertz CT molecular complexity index is 366. The van der Waals surface area contributed by atoms with Gasteiger partial charge in [0, 0.05) is 19.5 Å². The third-order valence-corrected chi connectivity index (χ3v) is 4.87. The van der Waals surface area contributed by atoms with Crippen LogP contribution < -0.4 is 0 Å². The molecule has 0 atom stereocenters. The van der Waals surface area contributed by atoms with Gasteiger partial charge in [-0.15, -0.1) is 0 Å². The van der Waals surface area contributed by atoms with Crippen molar-refractivity contribution in [3.05, 3.63) is 22.4 Å². The summed E-state index contributed by atoms with van der Waals surface area (Å²) in [6.07, 6.45) is 6.44. The fraction of sp³-hybridized carbons (Fsp3) is 0.667. The highest BCUT2D eigenvalue weighted by Crippen LogP contribution is 2.26. The molecular weight excluding hydrogens is 242 g/mol. The molecule has 0 spiro atoms. The zero-order valence-electron chi connectivity index (χ0n) is 11.4. The molecule has 1 heterocycles. The van der Waals surface area contributed by atoms with Crippen molar-refractivity contribution >= 4 is 17.2 Å². The van der Waals surface area contributed by atoms with Crippen LogP contribution in [0.2, 0.25) is 0 Å². The number of hydrogen-bond donors (Lipinski definition) is 0. The highest BCUT2D eigenvalue weighted by Gasteiger charge is 2.24. The molecule has 1 saturated carbocycles. The lowest BCUT2D eigenvalue weighted by Crippen LogP contribution is -2.39. The van der Waals surface area contributed by atoms with Gasteiger partial charge < -0.3 is 4.90 Å². The van der Waals surface area contributed by atoms with Gasteiger partial charge in [0.05, 0.1) is 0 Å². The van der Waals surface area contributed by atoms with Crippen molar-refractivity contribution in [1.29, 1.82) is 0 Å². The molecule has 0 bridgehead atoms. The van der Waals surface area contributed by atoms with Crippen molar-refractivity contribution in [1.82, 2.24) is 4.90 Å². The Morgan fingerprint density at radius 2 is 2.11 bits per heavy atom. The van der Waals surface area contributed by atoms with Crippen LogP contribution in [0.15, 0.2) is 16.8 Å². The van der Waals surface area contributed by atoms with E-state index in [4.69, 9.17) is 0 Å². The Kier molecular flexibility index (Phi) is 4.81. The molecular formula is C15H23NOS. The smallest absolute Gasteiger partial charge is 0.222 e. The lowest BCUT2D eigenvalue weighted by molar-refractivity contribution is -0.132. The molecule has 2 rings (SSSR count). The summed E-state index contributed by atoms with van der Waals surface area (Å²) in [5.41, 5.74) is 1.29. The van der Waals surface area contributed by atoms with E-state index < -0.39 is 0 Å². The fourth-order valence-corrected chi connectivity index (χ4v) is 3.40. The van der Waals surface area contributed by atoms with Gasteiger partial charge in [0.15, 0.2) is 0 Å². The topological polar surface area (TPSA) is 20.3 Å². The molecule has 1 fully saturated rings. The lowest BCUT2D eigenvalue weighted by atomic mass is 9.86. The quantitative estimate of drug-likeness (QED) is 0.812. The van der Waals surface area contributed by atoms with E-state index in [1.165, 1.54) is 31.2 Å². The SMILES string of the molecule is CC1CCC(N(C)C(=O)CCc2ccsc2)CC1. The Morgan fingerprint density at radius 1 is 1.39 bits per heavy atom. The minimum absolute atomic E-state index is 0.306. The summed E-state index contributed by atoms with van der Waals surface area (Å²) in [4.78, 5) is 14.1. The Balaban J connectivity index is 1.77. The molecule has 1 aliphatic carbocycles. The number of carbonyl (C=O) groups excluding carboxylic acids is 1. The maximum atomic E-state index is 12.1. The van der Waals surface area contributed by atoms with Gasteiger partial charge >= 0.3 is 0 Å². The number of thiophene rings is 1. The average Bonchev–Trinajstić information content (AvgIpc) is 2.89. The van der Waals surface area contributed by atoms with E-state index in [2.05, 4.69) is 23.8 Å². The van der Waals surface area contributed by atoms with E-state index in [0.29, 0.717) is 18.4 Å². The molecule has 3 heteroatoms. The summed E-state index contributed by atoms with van der Waals surface area (Å²) in [7, 11) is 1.98. The normalized spacial score (nSPS) is 23.9. The zero-order chi connectivity index (χ0) is 13.0. The highest BCUT2D eigenvalue weighted by molar-refractivity contribution is 7.07. The molecule has 0 saturated heterocycles. The van der Waals surface area contributed by atoms with Crippen LogP contribution in [0.1, 0.15) is 44.6 Å². The molecule has 100 valence electrons. The number of hydrogen-bond acceptors (Lipinski definition) is 2. The van der Waals surface area contributed by atoms with Crippen molar-refractivity contribution in [2.75, 3.05) is 7.05 Å². The minimum Gasteiger partial charge on any atom is -0.343 e. The van der Waals surface area contributed by atoms with Crippen molar-refractivity contribution in [3.8, 4) is 0 Å². The number of aryl methyl sites for hydroxylation is 1. The van der Waals surface area contributed by atoms with Crippen LogP contribution in [0.3, 0.4) is 0 Å². The number of rotatable bonds is 4. The van der Waals surface area contributed by atoms with Gasteiger partial charge in [-0.25, -0.2) is 0 Å². The van der Waals surface area contributed by atoms with Crippen LogP contribution in [0, 0.1) is 5.92 Å². The third-order valence-electron chi connectivity index (χ3n) is 4.13. The standard InChI is InChI=1S/C15H23NOS/c1-12-3-6-14(7-4-12)16(2)15(17)8-5-13-9-10-18-11-13/h9-12,14H,3-8H2,1-2H3. The predicted octanol–water partition coefficient (Wildman–Crippen LogP) is 3.72. The predicted molar refractivity (Wildman–Crippen MR) is 76.8 cm³/mol. The minimum atomic E-state index is 0.306. The molecule has 2 nitrogen and oxygen atoms in total. The number of amides is 1. The second-order valence-electron chi connectivity index (χ2n) is 5.55. The third kappa shape index (κ3) is 3.58. The summed E-state index contributed by atoms with van der Waals surface area (Å²) < 4.78 is 0. The number of carbonyl (C=O) groups is 1. The second-order valence-corrected chi connectivity index (χ2v) is 6.33. The van der Waals surface area contributed by atoms with Crippen molar-refractivity contribution in [2.24, 2.45) is 5.92 Å². The maximum Gasteiger partial charge on any atom is 0.222 e. The lowest BCUT2D eigenvalue weighted by Gasteiger charge is -2.33. The van der Waals surface area contributed by atoms with Crippen LogP contribution in [-0.2, 0) is 11.2 Å². The maximum absolute atomic E-state index is 12.1. The van der Waals surface area contributed by atoms with Crippen LogP contribution >= 0.6 is 11.3 Å². The van der Waals surface area contributed by atoms with Gasteiger partial charge in [-0.2, -0.15) is 11.3 Å².